The van der Waals surface area contributed by atoms with Crippen LogP contribution in [0.25, 0.3) is 0 Å². The molecular weight excluding hydrogens is 166 g/mol. The lowest BCUT2D eigenvalue weighted by Crippen LogP contribution is -2.06. The van der Waals surface area contributed by atoms with Gasteiger partial charge in [-0.1, -0.05) is 0 Å². The number of aryl methyl sites for hydroxylation is 1. The number of hydrogen-bond acceptors (Lipinski definition) is 3. The van der Waals surface area contributed by atoms with Gasteiger partial charge in [0.2, 0.25) is 0 Å². The zero-order valence-corrected chi connectivity index (χ0v) is 8.45. The third-order valence-electron chi connectivity index (χ3n) is 1.83. The first-order valence-corrected chi connectivity index (χ1v) is 4.57. The number of nitrogens with two attached hydrogens (primary N) is 1. The summed E-state index contributed by atoms with van der Waals surface area (Å²) >= 11 is 0. The first-order chi connectivity index (χ1) is 6.15. The second-order valence-corrected chi connectivity index (χ2v) is 3.23. The van der Waals surface area contributed by atoms with E-state index in [2.05, 4.69) is 5.10 Å². The van der Waals surface area contributed by atoms with Crippen LogP contribution in [0.4, 0.5) is 5.82 Å². The molecule has 1 aromatic heterocycles. The maximum Gasteiger partial charge on any atom is 0.127 e. The molecule has 0 aliphatic rings. The van der Waals surface area contributed by atoms with Crippen LogP contribution in [0.5, 0.6) is 0 Å². The van der Waals surface area contributed by atoms with E-state index < -0.39 is 0 Å². The average molecular weight is 183 g/mol. The van der Waals surface area contributed by atoms with E-state index in [0.717, 1.165) is 12.1 Å². The Kier molecular flexibility index (Phi) is 3.31. The summed E-state index contributed by atoms with van der Waals surface area (Å²) in [4.78, 5) is 0. The van der Waals surface area contributed by atoms with Crippen LogP contribution in [0.2, 0.25) is 0 Å². The molecule has 0 unspecified atom stereocenters. The monoisotopic (exact) mass is 183 g/mol. The van der Waals surface area contributed by atoms with E-state index in [9.17, 15) is 0 Å². The maximum atomic E-state index is 5.82. The highest BCUT2D eigenvalue weighted by atomic mass is 16.5. The lowest BCUT2D eigenvalue weighted by atomic mass is 10.3. The predicted octanol–water partition coefficient (Wildman–Crippen LogP) is 1.41. The minimum atomic E-state index is 0.226. The van der Waals surface area contributed by atoms with Crippen molar-refractivity contribution in [1.82, 2.24) is 9.78 Å². The molecule has 1 heterocycles. The van der Waals surface area contributed by atoms with Crippen LogP contribution >= 0.6 is 0 Å². The third kappa shape index (κ3) is 2.45. The summed E-state index contributed by atoms with van der Waals surface area (Å²) in [5, 5.41) is 4.12. The zero-order valence-electron chi connectivity index (χ0n) is 8.45. The van der Waals surface area contributed by atoms with Gasteiger partial charge in [-0.3, -0.25) is 4.68 Å². The zero-order chi connectivity index (χ0) is 9.84. The fourth-order valence-corrected chi connectivity index (χ4v) is 1.05. The Hall–Kier alpha value is -1.03. The molecule has 2 N–H and O–H groups in total. The first-order valence-electron chi connectivity index (χ1n) is 4.57. The van der Waals surface area contributed by atoms with Crippen LogP contribution in [0, 0.1) is 0 Å². The Bertz CT molecular complexity index is 268. The quantitative estimate of drug-likeness (QED) is 0.767. The van der Waals surface area contributed by atoms with Crippen molar-refractivity contribution in [2.75, 3.05) is 5.73 Å². The molecule has 0 radical (unpaired) electrons. The highest BCUT2D eigenvalue weighted by Crippen LogP contribution is 2.12. The fourth-order valence-electron chi connectivity index (χ4n) is 1.05. The number of nitrogen functional groups attached to an aromatic ring is 1. The van der Waals surface area contributed by atoms with Gasteiger partial charge in [0, 0.05) is 12.1 Å². The van der Waals surface area contributed by atoms with Gasteiger partial charge >= 0.3 is 0 Å². The summed E-state index contributed by atoms with van der Waals surface area (Å²) in [7, 11) is 0. The Balaban J connectivity index is 2.62. The van der Waals surface area contributed by atoms with E-state index in [1.807, 2.05) is 20.8 Å². The molecule has 4 heteroatoms. The van der Waals surface area contributed by atoms with Crippen LogP contribution in [-0.4, -0.2) is 15.9 Å². The Morgan fingerprint density at radius 2 is 2.31 bits per heavy atom. The van der Waals surface area contributed by atoms with E-state index in [-0.39, 0.29) is 6.10 Å². The predicted molar refractivity (Wildman–Crippen MR) is 52.2 cm³/mol. The smallest absolute Gasteiger partial charge is 0.127 e. The number of ether oxygens (including phenoxy) is 1. The molecule has 0 saturated heterocycles. The van der Waals surface area contributed by atoms with Crippen molar-refractivity contribution in [1.29, 1.82) is 0 Å². The largest absolute Gasteiger partial charge is 0.384 e. The van der Waals surface area contributed by atoms with Crippen molar-refractivity contribution in [3.05, 3.63) is 11.8 Å². The highest BCUT2D eigenvalue weighted by Gasteiger charge is 2.06. The van der Waals surface area contributed by atoms with Crippen LogP contribution in [0.1, 0.15) is 26.3 Å². The molecule has 0 spiro atoms. The van der Waals surface area contributed by atoms with Crippen LogP contribution < -0.4 is 5.73 Å². The normalized spacial score (nSPS) is 11.1. The lowest BCUT2D eigenvalue weighted by molar-refractivity contribution is 0.0660. The van der Waals surface area contributed by atoms with E-state index in [1.165, 1.54) is 0 Å². The Morgan fingerprint density at radius 1 is 1.62 bits per heavy atom. The second kappa shape index (κ2) is 4.28. The van der Waals surface area contributed by atoms with Gasteiger partial charge in [0.05, 0.1) is 18.9 Å². The minimum absolute atomic E-state index is 0.226. The lowest BCUT2D eigenvalue weighted by Gasteiger charge is -2.06. The second-order valence-electron chi connectivity index (χ2n) is 3.23. The number of nitrogens with zero attached hydrogens (tertiary/aromatic N) is 2. The SMILES string of the molecule is CCn1ncc(COC(C)C)c1N. The molecule has 0 fully saturated rings. The fraction of sp³-hybridized carbons (Fsp3) is 0.667. The molecule has 0 aliphatic carbocycles. The molecule has 1 rings (SSSR count). The molecule has 4 nitrogen and oxygen atoms in total. The highest BCUT2D eigenvalue weighted by molar-refractivity contribution is 5.37. The van der Waals surface area contributed by atoms with E-state index >= 15 is 0 Å². The van der Waals surface area contributed by atoms with Gasteiger partial charge in [-0.25, -0.2) is 0 Å². The van der Waals surface area contributed by atoms with Crippen LogP contribution in [0.3, 0.4) is 0 Å². The van der Waals surface area contributed by atoms with Crippen molar-refractivity contribution in [3.63, 3.8) is 0 Å². The maximum absolute atomic E-state index is 5.82. The first kappa shape index (κ1) is 10.1. The number of rotatable bonds is 4. The van der Waals surface area contributed by atoms with Gasteiger partial charge in [-0.2, -0.15) is 5.10 Å². The number of anilines is 1. The summed E-state index contributed by atoms with van der Waals surface area (Å²) in [5.41, 5.74) is 6.79. The third-order valence-corrected chi connectivity index (χ3v) is 1.83. The van der Waals surface area contributed by atoms with Crippen LogP contribution in [-0.2, 0) is 17.9 Å². The van der Waals surface area contributed by atoms with Crippen LogP contribution in [0.15, 0.2) is 6.20 Å². The van der Waals surface area contributed by atoms with Crippen molar-refractivity contribution in [2.24, 2.45) is 0 Å². The molecule has 0 atom stereocenters. The summed E-state index contributed by atoms with van der Waals surface area (Å²) in [6.45, 7) is 7.36. The molecule has 0 bridgehead atoms. The molecular formula is C9H17N3O. The van der Waals surface area contributed by atoms with Gasteiger partial charge in [0.15, 0.2) is 0 Å². The van der Waals surface area contributed by atoms with Gasteiger partial charge in [0.25, 0.3) is 0 Å². The summed E-state index contributed by atoms with van der Waals surface area (Å²) < 4.78 is 7.20. The van der Waals surface area contributed by atoms with E-state index in [0.29, 0.717) is 12.4 Å². The van der Waals surface area contributed by atoms with Gasteiger partial charge in [-0.15, -0.1) is 0 Å². The topological polar surface area (TPSA) is 53.1 Å². The number of hydrogen-bond donors (Lipinski definition) is 1. The van der Waals surface area contributed by atoms with E-state index in [1.54, 1.807) is 10.9 Å². The molecule has 13 heavy (non-hydrogen) atoms. The average Bonchev–Trinajstić information content (AvgIpc) is 2.43. The summed E-state index contributed by atoms with van der Waals surface area (Å²) in [6.07, 6.45) is 1.99. The Labute approximate surface area is 78.7 Å². The van der Waals surface area contributed by atoms with Crippen molar-refractivity contribution in [3.8, 4) is 0 Å². The number of aromatic nitrogens is 2. The standard InChI is InChI=1S/C9H17N3O/c1-4-12-9(10)8(5-11-12)6-13-7(2)3/h5,7H,4,6,10H2,1-3H3. The Morgan fingerprint density at radius 3 is 2.77 bits per heavy atom. The van der Waals surface area contributed by atoms with Crippen molar-refractivity contribution in [2.45, 2.75) is 40.0 Å². The molecule has 0 aromatic carbocycles. The molecule has 0 amide bonds. The van der Waals surface area contributed by atoms with Crippen molar-refractivity contribution >= 4 is 5.82 Å². The van der Waals surface area contributed by atoms with Crippen molar-refractivity contribution < 1.29 is 4.74 Å². The van der Waals surface area contributed by atoms with E-state index in [4.69, 9.17) is 10.5 Å². The summed E-state index contributed by atoms with van der Waals surface area (Å²) in [6, 6.07) is 0. The molecule has 74 valence electrons. The molecule has 0 saturated carbocycles. The van der Waals surface area contributed by atoms with Gasteiger partial charge in [-0.05, 0) is 20.8 Å². The van der Waals surface area contributed by atoms with Gasteiger partial charge in [0.1, 0.15) is 5.82 Å². The summed E-state index contributed by atoms with van der Waals surface area (Å²) in [5.74, 6) is 0.711. The minimum Gasteiger partial charge on any atom is -0.384 e. The molecule has 0 aliphatic heterocycles. The molecule has 1 aromatic rings. The van der Waals surface area contributed by atoms with Gasteiger partial charge < -0.3 is 10.5 Å².